The molecule has 3 aromatic rings. The van der Waals surface area contributed by atoms with Gasteiger partial charge in [-0.3, -0.25) is 10.1 Å². The number of thiazole rings is 1. The van der Waals surface area contributed by atoms with Gasteiger partial charge in [-0.15, -0.1) is 0 Å². The number of carbonyl (C=O) groups is 1. The fourth-order valence-electron chi connectivity index (χ4n) is 2.76. The minimum atomic E-state index is -0.368. The molecule has 25 heavy (non-hydrogen) atoms. The van der Waals surface area contributed by atoms with E-state index in [0.717, 1.165) is 42.2 Å². The van der Waals surface area contributed by atoms with Crippen LogP contribution in [-0.2, 0) is 4.74 Å². The number of aromatic nitrogens is 1. The Hall–Kier alpha value is -2.51. The molecule has 5 nitrogen and oxygen atoms in total. The van der Waals surface area contributed by atoms with Gasteiger partial charge in [0.15, 0.2) is 5.13 Å². The molecule has 1 saturated heterocycles. The molecule has 1 aliphatic rings. The second-order valence-corrected chi connectivity index (χ2v) is 6.76. The standard InChI is InChI=1S/C18H16FN3O2S/c19-13-3-1-12(2-4-13)17(23)21-18-20-15-6-5-14(11-16(15)25-18)22-7-9-24-10-8-22/h1-6,11H,7-10H2,(H,20,21,23). The molecule has 2 heterocycles. The Morgan fingerprint density at radius 2 is 1.92 bits per heavy atom. The summed E-state index contributed by atoms with van der Waals surface area (Å²) in [6.45, 7) is 3.22. The van der Waals surface area contributed by atoms with Gasteiger partial charge in [0.25, 0.3) is 5.91 Å². The normalized spacial score (nSPS) is 14.7. The average molecular weight is 357 g/mol. The van der Waals surface area contributed by atoms with Crippen molar-refractivity contribution in [3.05, 3.63) is 53.8 Å². The summed E-state index contributed by atoms with van der Waals surface area (Å²) in [5.74, 6) is -0.667. The largest absolute Gasteiger partial charge is 0.378 e. The molecule has 0 atom stereocenters. The third-order valence-electron chi connectivity index (χ3n) is 4.08. The van der Waals surface area contributed by atoms with E-state index < -0.39 is 0 Å². The van der Waals surface area contributed by atoms with Crippen LogP contribution in [0, 0.1) is 5.82 Å². The van der Waals surface area contributed by atoms with Crippen molar-refractivity contribution in [1.82, 2.24) is 4.98 Å². The van der Waals surface area contributed by atoms with Gasteiger partial charge in [-0.05, 0) is 42.5 Å². The van der Waals surface area contributed by atoms with Crippen molar-refractivity contribution in [2.45, 2.75) is 0 Å². The summed E-state index contributed by atoms with van der Waals surface area (Å²) in [6, 6.07) is 11.5. The SMILES string of the molecule is O=C(Nc1nc2ccc(N3CCOCC3)cc2s1)c1ccc(F)cc1. The number of hydrogen-bond acceptors (Lipinski definition) is 5. The van der Waals surface area contributed by atoms with Crippen LogP contribution in [0.2, 0.25) is 0 Å². The predicted molar refractivity (Wildman–Crippen MR) is 97.0 cm³/mol. The third kappa shape index (κ3) is 3.47. The minimum absolute atomic E-state index is 0.299. The van der Waals surface area contributed by atoms with Crippen LogP contribution in [0.1, 0.15) is 10.4 Å². The Morgan fingerprint density at radius 1 is 1.16 bits per heavy atom. The quantitative estimate of drug-likeness (QED) is 0.779. The van der Waals surface area contributed by atoms with Crippen molar-refractivity contribution in [2.75, 3.05) is 36.5 Å². The summed E-state index contributed by atoms with van der Waals surface area (Å²) in [4.78, 5) is 19.0. The Kier molecular flexibility index (Phi) is 4.33. The lowest BCUT2D eigenvalue weighted by Gasteiger charge is -2.28. The van der Waals surface area contributed by atoms with Crippen LogP contribution in [0.25, 0.3) is 10.2 Å². The van der Waals surface area contributed by atoms with E-state index in [9.17, 15) is 9.18 Å². The van der Waals surface area contributed by atoms with Crippen LogP contribution in [0.15, 0.2) is 42.5 Å². The van der Waals surface area contributed by atoms with E-state index in [4.69, 9.17) is 4.74 Å². The molecular formula is C18H16FN3O2S. The molecule has 1 amide bonds. The molecular weight excluding hydrogens is 341 g/mol. The Morgan fingerprint density at radius 3 is 2.68 bits per heavy atom. The molecule has 0 bridgehead atoms. The molecule has 1 fully saturated rings. The van der Waals surface area contributed by atoms with Gasteiger partial charge >= 0.3 is 0 Å². The van der Waals surface area contributed by atoms with Crippen LogP contribution in [-0.4, -0.2) is 37.2 Å². The second kappa shape index (κ2) is 6.78. The summed E-state index contributed by atoms with van der Waals surface area (Å²) in [7, 11) is 0. The average Bonchev–Trinajstić information content (AvgIpc) is 3.04. The van der Waals surface area contributed by atoms with Crippen LogP contribution < -0.4 is 10.2 Å². The summed E-state index contributed by atoms with van der Waals surface area (Å²) >= 11 is 1.43. The molecule has 0 radical (unpaired) electrons. The molecule has 4 rings (SSSR count). The number of halogens is 1. The Bertz CT molecular complexity index is 904. The smallest absolute Gasteiger partial charge is 0.257 e. The Labute approximate surface area is 148 Å². The maximum absolute atomic E-state index is 13.0. The molecule has 7 heteroatoms. The molecule has 1 aliphatic heterocycles. The molecule has 0 aliphatic carbocycles. The zero-order valence-corrected chi connectivity index (χ0v) is 14.2. The van der Waals surface area contributed by atoms with Crippen molar-refractivity contribution >= 4 is 38.3 Å². The first-order valence-electron chi connectivity index (χ1n) is 7.99. The number of benzene rings is 2. The van der Waals surface area contributed by atoms with Gasteiger partial charge in [0.2, 0.25) is 0 Å². The summed E-state index contributed by atoms with van der Waals surface area (Å²) in [5.41, 5.74) is 2.38. The maximum atomic E-state index is 13.0. The number of fused-ring (bicyclic) bond motifs is 1. The van der Waals surface area contributed by atoms with Crippen molar-refractivity contribution in [1.29, 1.82) is 0 Å². The van der Waals surface area contributed by atoms with Crippen molar-refractivity contribution in [3.63, 3.8) is 0 Å². The molecule has 1 N–H and O–H groups in total. The first kappa shape index (κ1) is 16.0. The fourth-order valence-corrected chi connectivity index (χ4v) is 3.65. The number of amides is 1. The summed E-state index contributed by atoms with van der Waals surface area (Å²) < 4.78 is 19.4. The van der Waals surface area contributed by atoms with Gasteiger partial charge in [-0.2, -0.15) is 0 Å². The number of anilines is 2. The number of ether oxygens (including phenoxy) is 1. The molecule has 0 unspecified atom stereocenters. The van der Waals surface area contributed by atoms with Gasteiger partial charge in [-0.1, -0.05) is 11.3 Å². The van der Waals surface area contributed by atoms with E-state index in [1.54, 1.807) is 0 Å². The molecule has 0 saturated carbocycles. The van der Waals surface area contributed by atoms with E-state index in [1.807, 2.05) is 12.1 Å². The van der Waals surface area contributed by atoms with E-state index >= 15 is 0 Å². The number of morpholine rings is 1. The van der Waals surface area contributed by atoms with Gasteiger partial charge in [0.05, 0.1) is 23.4 Å². The monoisotopic (exact) mass is 357 g/mol. The van der Waals surface area contributed by atoms with Crippen LogP contribution in [0.3, 0.4) is 0 Å². The number of hydrogen-bond donors (Lipinski definition) is 1. The van der Waals surface area contributed by atoms with E-state index in [0.29, 0.717) is 10.7 Å². The van der Waals surface area contributed by atoms with Crippen LogP contribution >= 0.6 is 11.3 Å². The molecule has 0 spiro atoms. The zero-order chi connectivity index (χ0) is 17.2. The van der Waals surface area contributed by atoms with Crippen molar-refractivity contribution in [2.24, 2.45) is 0 Å². The van der Waals surface area contributed by atoms with Crippen molar-refractivity contribution < 1.29 is 13.9 Å². The molecule has 1 aromatic heterocycles. The van der Waals surface area contributed by atoms with Gasteiger partial charge in [-0.25, -0.2) is 9.37 Å². The molecule has 128 valence electrons. The van der Waals surface area contributed by atoms with Crippen LogP contribution in [0.5, 0.6) is 0 Å². The van der Waals surface area contributed by atoms with E-state index in [1.165, 1.54) is 35.6 Å². The number of rotatable bonds is 3. The molecule has 2 aromatic carbocycles. The van der Waals surface area contributed by atoms with Gasteiger partial charge in [0.1, 0.15) is 5.82 Å². The highest BCUT2D eigenvalue weighted by molar-refractivity contribution is 7.22. The highest BCUT2D eigenvalue weighted by Gasteiger charge is 2.14. The van der Waals surface area contributed by atoms with E-state index in [2.05, 4.69) is 21.3 Å². The third-order valence-corrected chi connectivity index (χ3v) is 5.01. The lowest BCUT2D eigenvalue weighted by Crippen LogP contribution is -2.36. The minimum Gasteiger partial charge on any atom is -0.378 e. The highest BCUT2D eigenvalue weighted by Crippen LogP contribution is 2.30. The van der Waals surface area contributed by atoms with Crippen LogP contribution in [0.4, 0.5) is 15.2 Å². The number of nitrogens with one attached hydrogen (secondary N) is 1. The second-order valence-electron chi connectivity index (χ2n) is 5.73. The highest BCUT2D eigenvalue weighted by atomic mass is 32.1. The first-order valence-corrected chi connectivity index (χ1v) is 8.81. The van der Waals surface area contributed by atoms with E-state index in [-0.39, 0.29) is 11.7 Å². The van der Waals surface area contributed by atoms with Crippen molar-refractivity contribution in [3.8, 4) is 0 Å². The summed E-state index contributed by atoms with van der Waals surface area (Å²) in [6.07, 6.45) is 0. The first-order chi connectivity index (χ1) is 12.2. The predicted octanol–water partition coefficient (Wildman–Crippen LogP) is 3.52. The maximum Gasteiger partial charge on any atom is 0.257 e. The van der Waals surface area contributed by atoms with Gasteiger partial charge in [0, 0.05) is 24.3 Å². The number of carbonyl (C=O) groups excluding carboxylic acids is 1. The lowest BCUT2D eigenvalue weighted by molar-refractivity contribution is 0.102. The number of nitrogens with zero attached hydrogens (tertiary/aromatic N) is 2. The lowest BCUT2D eigenvalue weighted by atomic mass is 10.2. The Balaban J connectivity index is 1.54. The fraction of sp³-hybridized carbons (Fsp3) is 0.222. The summed E-state index contributed by atoms with van der Waals surface area (Å²) in [5, 5.41) is 3.31. The zero-order valence-electron chi connectivity index (χ0n) is 13.4. The van der Waals surface area contributed by atoms with Gasteiger partial charge < -0.3 is 9.64 Å². The topological polar surface area (TPSA) is 54.5 Å².